The predicted octanol–water partition coefficient (Wildman–Crippen LogP) is 3.03. The summed E-state index contributed by atoms with van der Waals surface area (Å²) in [5.41, 5.74) is 1.34. The Morgan fingerprint density at radius 3 is 2.83 bits per heavy atom. The summed E-state index contributed by atoms with van der Waals surface area (Å²) in [6, 6.07) is 15.8. The molecule has 0 radical (unpaired) electrons. The van der Waals surface area contributed by atoms with Gasteiger partial charge in [0.25, 0.3) is 0 Å². The Balaban J connectivity index is 1.88. The molecule has 0 spiro atoms. The van der Waals surface area contributed by atoms with Crippen LogP contribution >= 0.6 is 0 Å². The second-order valence-corrected chi connectivity index (χ2v) is 5.17. The van der Waals surface area contributed by atoms with Crippen molar-refractivity contribution in [3.05, 3.63) is 42.5 Å². The molecule has 1 aliphatic rings. The topological polar surface area (TPSA) is 15.3 Å². The first-order valence-corrected chi connectivity index (χ1v) is 6.77. The van der Waals surface area contributed by atoms with Gasteiger partial charge in [-0.05, 0) is 30.8 Å². The molecule has 1 heterocycles. The molecule has 1 atom stereocenters. The predicted molar refractivity (Wildman–Crippen MR) is 78.2 cm³/mol. The lowest BCUT2D eigenvalue weighted by atomic mass is 10.1. The molecule has 2 nitrogen and oxygen atoms in total. The number of rotatable bonds is 3. The van der Waals surface area contributed by atoms with E-state index in [2.05, 4.69) is 59.7 Å². The Bertz CT molecular complexity index is 524. The van der Waals surface area contributed by atoms with Crippen molar-refractivity contribution in [2.45, 2.75) is 18.9 Å². The quantitative estimate of drug-likeness (QED) is 0.887. The molecule has 1 saturated heterocycles. The number of fused-ring (bicyclic) bond motifs is 1. The van der Waals surface area contributed by atoms with E-state index in [0.717, 1.165) is 6.54 Å². The van der Waals surface area contributed by atoms with Crippen LogP contribution in [0.1, 0.15) is 12.8 Å². The molecular weight excluding hydrogens is 220 g/mol. The molecule has 0 aromatic heterocycles. The minimum atomic E-state index is 0.647. The molecule has 2 aromatic rings. The fourth-order valence-electron chi connectivity index (χ4n) is 2.88. The normalized spacial score (nSPS) is 19.3. The molecule has 3 rings (SSSR count). The van der Waals surface area contributed by atoms with Gasteiger partial charge in [-0.2, -0.15) is 0 Å². The first-order chi connectivity index (χ1) is 8.84. The summed E-state index contributed by atoms with van der Waals surface area (Å²) >= 11 is 0. The SMILES string of the molecule is CN(CC1CCCN1)c1cccc2ccccc12. The number of anilines is 1. The van der Waals surface area contributed by atoms with Gasteiger partial charge >= 0.3 is 0 Å². The third kappa shape index (κ3) is 2.21. The van der Waals surface area contributed by atoms with Crippen molar-refractivity contribution in [2.24, 2.45) is 0 Å². The highest BCUT2D eigenvalue weighted by Gasteiger charge is 2.16. The summed E-state index contributed by atoms with van der Waals surface area (Å²) in [5, 5.41) is 6.23. The third-order valence-electron chi connectivity index (χ3n) is 3.83. The van der Waals surface area contributed by atoms with E-state index < -0.39 is 0 Å². The molecule has 2 heteroatoms. The smallest absolute Gasteiger partial charge is 0.0443 e. The molecule has 94 valence electrons. The van der Waals surface area contributed by atoms with Crippen molar-refractivity contribution in [2.75, 3.05) is 25.0 Å². The Morgan fingerprint density at radius 2 is 2.00 bits per heavy atom. The zero-order valence-corrected chi connectivity index (χ0v) is 10.9. The molecule has 0 amide bonds. The van der Waals surface area contributed by atoms with E-state index in [1.807, 2.05) is 0 Å². The van der Waals surface area contributed by atoms with Gasteiger partial charge in [-0.15, -0.1) is 0 Å². The van der Waals surface area contributed by atoms with Crippen LogP contribution in [-0.4, -0.2) is 26.2 Å². The average Bonchev–Trinajstić information content (AvgIpc) is 2.91. The largest absolute Gasteiger partial charge is 0.373 e. The Morgan fingerprint density at radius 1 is 1.17 bits per heavy atom. The van der Waals surface area contributed by atoms with Gasteiger partial charge in [-0.25, -0.2) is 0 Å². The van der Waals surface area contributed by atoms with Crippen molar-refractivity contribution < 1.29 is 0 Å². The van der Waals surface area contributed by atoms with E-state index in [-0.39, 0.29) is 0 Å². The summed E-state index contributed by atoms with van der Waals surface area (Å²) in [6.45, 7) is 2.27. The number of nitrogens with one attached hydrogen (secondary N) is 1. The maximum absolute atomic E-state index is 3.56. The zero-order chi connectivity index (χ0) is 12.4. The van der Waals surface area contributed by atoms with Gasteiger partial charge in [0.05, 0.1) is 0 Å². The maximum Gasteiger partial charge on any atom is 0.0443 e. The van der Waals surface area contributed by atoms with E-state index in [4.69, 9.17) is 0 Å². The van der Waals surface area contributed by atoms with Crippen molar-refractivity contribution in [3.8, 4) is 0 Å². The molecule has 0 bridgehead atoms. The fourth-order valence-corrected chi connectivity index (χ4v) is 2.88. The van der Waals surface area contributed by atoms with Crippen molar-refractivity contribution >= 4 is 16.5 Å². The summed E-state index contributed by atoms with van der Waals surface area (Å²) < 4.78 is 0. The summed E-state index contributed by atoms with van der Waals surface area (Å²) in [7, 11) is 2.20. The Hall–Kier alpha value is -1.54. The molecule has 0 aliphatic carbocycles. The lowest BCUT2D eigenvalue weighted by Gasteiger charge is -2.24. The molecule has 1 unspecified atom stereocenters. The molecule has 18 heavy (non-hydrogen) atoms. The van der Waals surface area contributed by atoms with Gasteiger partial charge in [-0.1, -0.05) is 36.4 Å². The van der Waals surface area contributed by atoms with Crippen molar-refractivity contribution in [1.82, 2.24) is 5.32 Å². The zero-order valence-electron chi connectivity index (χ0n) is 10.9. The summed E-state index contributed by atoms with van der Waals surface area (Å²) in [6.07, 6.45) is 2.61. The first kappa shape index (κ1) is 11.5. The second-order valence-electron chi connectivity index (χ2n) is 5.17. The molecule has 2 aromatic carbocycles. The highest BCUT2D eigenvalue weighted by Crippen LogP contribution is 2.26. The van der Waals surface area contributed by atoms with Crippen molar-refractivity contribution in [3.63, 3.8) is 0 Å². The van der Waals surface area contributed by atoms with Crippen molar-refractivity contribution in [1.29, 1.82) is 0 Å². The standard InChI is InChI=1S/C16H20N2/c1-18(12-14-8-5-11-17-14)16-10-4-7-13-6-2-3-9-15(13)16/h2-4,6-7,9-10,14,17H,5,8,11-12H2,1H3. The van der Waals surface area contributed by atoms with Crippen LogP contribution in [-0.2, 0) is 0 Å². The molecule has 1 aliphatic heterocycles. The highest BCUT2D eigenvalue weighted by atomic mass is 15.1. The van der Waals surface area contributed by atoms with Crippen LogP contribution in [0.2, 0.25) is 0 Å². The Labute approximate surface area is 109 Å². The van der Waals surface area contributed by atoms with Gasteiger partial charge < -0.3 is 10.2 Å². The third-order valence-corrected chi connectivity index (χ3v) is 3.83. The van der Waals surface area contributed by atoms with Crippen LogP contribution in [0.3, 0.4) is 0 Å². The lowest BCUT2D eigenvalue weighted by Crippen LogP contribution is -2.35. The van der Waals surface area contributed by atoms with Gasteiger partial charge in [0, 0.05) is 30.7 Å². The number of benzene rings is 2. The van der Waals surface area contributed by atoms with Crippen LogP contribution in [0.25, 0.3) is 10.8 Å². The highest BCUT2D eigenvalue weighted by molar-refractivity contribution is 5.94. The number of likely N-dealkylation sites (N-methyl/N-ethyl adjacent to an activating group) is 1. The summed E-state index contributed by atoms with van der Waals surface area (Å²) in [5.74, 6) is 0. The van der Waals surface area contributed by atoms with Gasteiger partial charge in [0.15, 0.2) is 0 Å². The Kier molecular flexibility index (Phi) is 3.20. The van der Waals surface area contributed by atoms with E-state index in [0.29, 0.717) is 6.04 Å². The molecule has 0 saturated carbocycles. The molecular formula is C16H20N2. The molecule has 1 fully saturated rings. The lowest BCUT2D eigenvalue weighted by molar-refractivity contribution is 0.600. The van der Waals surface area contributed by atoms with E-state index in [1.165, 1.54) is 35.8 Å². The van der Waals surface area contributed by atoms with Gasteiger partial charge in [0.2, 0.25) is 0 Å². The van der Waals surface area contributed by atoms with E-state index in [1.54, 1.807) is 0 Å². The fraction of sp³-hybridized carbons (Fsp3) is 0.375. The van der Waals surface area contributed by atoms with E-state index >= 15 is 0 Å². The number of hydrogen-bond donors (Lipinski definition) is 1. The van der Waals surface area contributed by atoms with Crippen LogP contribution < -0.4 is 10.2 Å². The van der Waals surface area contributed by atoms with Crippen LogP contribution in [0.15, 0.2) is 42.5 Å². The van der Waals surface area contributed by atoms with Gasteiger partial charge in [-0.3, -0.25) is 0 Å². The minimum absolute atomic E-state index is 0.647. The second kappa shape index (κ2) is 4.99. The number of nitrogens with zero attached hydrogens (tertiary/aromatic N) is 1. The number of hydrogen-bond acceptors (Lipinski definition) is 2. The van der Waals surface area contributed by atoms with Crippen LogP contribution in [0, 0.1) is 0 Å². The average molecular weight is 240 g/mol. The van der Waals surface area contributed by atoms with Crippen LogP contribution in [0.4, 0.5) is 5.69 Å². The maximum atomic E-state index is 3.56. The van der Waals surface area contributed by atoms with E-state index in [9.17, 15) is 0 Å². The van der Waals surface area contributed by atoms with Crippen LogP contribution in [0.5, 0.6) is 0 Å². The molecule has 1 N–H and O–H groups in total. The minimum Gasteiger partial charge on any atom is -0.373 e. The summed E-state index contributed by atoms with van der Waals surface area (Å²) in [4.78, 5) is 2.38. The monoisotopic (exact) mass is 240 g/mol. The van der Waals surface area contributed by atoms with Gasteiger partial charge in [0.1, 0.15) is 0 Å². The first-order valence-electron chi connectivity index (χ1n) is 6.77.